The fourth-order valence-electron chi connectivity index (χ4n) is 4.33. The summed E-state index contributed by atoms with van der Waals surface area (Å²) >= 11 is 0. The van der Waals surface area contributed by atoms with E-state index in [4.69, 9.17) is 0 Å². The van der Waals surface area contributed by atoms with Crippen molar-refractivity contribution in [3.63, 3.8) is 0 Å². The van der Waals surface area contributed by atoms with E-state index in [1.165, 1.54) is 6.20 Å². The molecule has 4 aromatic rings. The molecule has 1 amide bonds. The second-order valence-corrected chi connectivity index (χ2v) is 7.79. The van der Waals surface area contributed by atoms with Gasteiger partial charge in [0.1, 0.15) is 0 Å². The molecular formula is C25H21N3O3. The topological polar surface area (TPSA) is 86.3 Å². The third-order valence-electron chi connectivity index (χ3n) is 5.92. The van der Waals surface area contributed by atoms with Gasteiger partial charge in [-0.2, -0.15) is 0 Å². The second kappa shape index (κ2) is 7.49. The largest absolute Gasteiger partial charge is 0.375 e. The van der Waals surface area contributed by atoms with Gasteiger partial charge in [-0.25, -0.2) is 0 Å². The van der Waals surface area contributed by atoms with Crippen molar-refractivity contribution in [2.45, 2.75) is 18.4 Å². The van der Waals surface area contributed by atoms with Crippen molar-refractivity contribution in [2.75, 3.05) is 11.4 Å². The zero-order valence-electron chi connectivity index (χ0n) is 16.8. The number of fused-ring (bicyclic) bond motifs is 2. The number of amides is 1. The van der Waals surface area contributed by atoms with E-state index in [2.05, 4.69) is 9.97 Å². The molecular weight excluding hydrogens is 390 g/mol. The molecule has 31 heavy (non-hydrogen) atoms. The van der Waals surface area contributed by atoms with Gasteiger partial charge >= 0.3 is 0 Å². The summed E-state index contributed by atoms with van der Waals surface area (Å²) in [6, 6.07) is 18.5. The first-order chi connectivity index (χ1) is 15.1. The summed E-state index contributed by atoms with van der Waals surface area (Å²) in [6.07, 6.45) is 5.28. The van der Waals surface area contributed by atoms with Gasteiger partial charge in [-0.15, -0.1) is 0 Å². The highest BCUT2D eigenvalue weighted by Gasteiger charge is 2.50. The van der Waals surface area contributed by atoms with Crippen molar-refractivity contribution in [2.24, 2.45) is 0 Å². The highest BCUT2D eigenvalue weighted by molar-refractivity contribution is 6.10. The summed E-state index contributed by atoms with van der Waals surface area (Å²) < 4.78 is 0. The van der Waals surface area contributed by atoms with Crippen LogP contribution in [0.15, 0.2) is 79.3 Å². The first kappa shape index (κ1) is 19.2. The minimum Gasteiger partial charge on any atom is -0.375 e. The van der Waals surface area contributed by atoms with Gasteiger partial charge in [0.2, 0.25) is 0 Å². The predicted molar refractivity (Wildman–Crippen MR) is 118 cm³/mol. The average Bonchev–Trinajstić information content (AvgIpc) is 3.31. The van der Waals surface area contributed by atoms with E-state index in [-0.39, 0.29) is 12.2 Å². The summed E-state index contributed by atoms with van der Waals surface area (Å²) in [4.78, 5) is 35.0. The molecule has 0 radical (unpaired) electrons. The van der Waals surface area contributed by atoms with Crippen LogP contribution in [0.1, 0.15) is 27.9 Å². The van der Waals surface area contributed by atoms with Crippen LogP contribution >= 0.6 is 0 Å². The Morgan fingerprint density at radius 3 is 2.71 bits per heavy atom. The normalized spacial score (nSPS) is 17.8. The van der Waals surface area contributed by atoms with Crippen LogP contribution in [0.3, 0.4) is 0 Å². The zero-order valence-corrected chi connectivity index (χ0v) is 16.8. The summed E-state index contributed by atoms with van der Waals surface area (Å²) in [5.41, 5.74) is 1.75. The minimum absolute atomic E-state index is 0.321. The van der Waals surface area contributed by atoms with Crippen LogP contribution in [0.2, 0.25) is 0 Å². The lowest BCUT2D eigenvalue weighted by molar-refractivity contribution is -0.135. The third kappa shape index (κ3) is 3.21. The Balaban J connectivity index is 1.43. The molecule has 0 bridgehead atoms. The Morgan fingerprint density at radius 2 is 1.87 bits per heavy atom. The summed E-state index contributed by atoms with van der Waals surface area (Å²) in [5, 5.41) is 12.5. The monoisotopic (exact) mass is 411 g/mol. The first-order valence-electron chi connectivity index (χ1n) is 10.2. The van der Waals surface area contributed by atoms with Gasteiger partial charge in [0, 0.05) is 47.2 Å². The standard InChI is InChI=1S/C25H21N3O3/c29-23(18-6-5-12-26-15-18)14-25(31)20-8-2-4-10-22(20)28(24(25)30)13-11-17-16-27-21-9-3-1-7-19(17)21/h1-10,12,15-16,27,31H,11,13-14H2. The highest BCUT2D eigenvalue weighted by atomic mass is 16.3. The number of Topliss-reactive ketones (excluding diaryl/α,β-unsaturated/α-hetero) is 1. The van der Waals surface area contributed by atoms with Crippen LogP contribution in [0.5, 0.6) is 0 Å². The van der Waals surface area contributed by atoms with Gasteiger partial charge in [-0.1, -0.05) is 36.4 Å². The van der Waals surface area contributed by atoms with Crippen molar-refractivity contribution in [3.8, 4) is 0 Å². The van der Waals surface area contributed by atoms with E-state index in [9.17, 15) is 14.7 Å². The number of carbonyl (C=O) groups excluding carboxylic acids is 2. The maximum Gasteiger partial charge on any atom is 0.264 e. The summed E-state index contributed by atoms with van der Waals surface area (Å²) in [7, 11) is 0. The maximum absolute atomic E-state index is 13.4. The fraction of sp³-hybridized carbons (Fsp3) is 0.160. The summed E-state index contributed by atoms with van der Waals surface area (Å²) in [5.74, 6) is -0.789. The molecule has 3 heterocycles. The molecule has 2 N–H and O–H groups in total. The number of pyridine rings is 1. The molecule has 0 saturated heterocycles. The van der Waals surface area contributed by atoms with Crippen LogP contribution in [0.4, 0.5) is 5.69 Å². The maximum atomic E-state index is 13.4. The van der Waals surface area contributed by atoms with Crippen molar-refractivity contribution < 1.29 is 14.7 Å². The lowest BCUT2D eigenvalue weighted by atomic mass is 9.88. The van der Waals surface area contributed by atoms with Crippen LogP contribution in [-0.2, 0) is 16.8 Å². The number of hydrogen-bond donors (Lipinski definition) is 2. The Kier molecular flexibility index (Phi) is 4.64. The van der Waals surface area contributed by atoms with E-state index in [0.717, 1.165) is 16.5 Å². The van der Waals surface area contributed by atoms with E-state index in [1.54, 1.807) is 35.4 Å². The van der Waals surface area contributed by atoms with Crippen LogP contribution in [0, 0.1) is 0 Å². The predicted octanol–water partition coefficient (Wildman–Crippen LogP) is 3.61. The van der Waals surface area contributed by atoms with Crippen molar-refractivity contribution in [1.29, 1.82) is 0 Å². The number of carbonyl (C=O) groups is 2. The Hall–Kier alpha value is -3.77. The number of anilines is 1. The van der Waals surface area contributed by atoms with Gasteiger partial charge in [0.25, 0.3) is 5.91 Å². The van der Waals surface area contributed by atoms with Crippen molar-refractivity contribution in [1.82, 2.24) is 9.97 Å². The molecule has 6 nitrogen and oxygen atoms in total. The number of hydrogen-bond acceptors (Lipinski definition) is 4. The molecule has 0 spiro atoms. The lowest BCUT2D eigenvalue weighted by Gasteiger charge is -2.22. The molecule has 0 aliphatic carbocycles. The smallest absolute Gasteiger partial charge is 0.264 e. The van der Waals surface area contributed by atoms with Crippen LogP contribution in [-0.4, -0.2) is 33.3 Å². The van der Waals surface area contributed by atoms with Gasteiger partial charge in [0.05, 0.1) is 12.1 Å². The van der Waals surface area contributed by atoms with Crippen LogP contribution < -0.4 is 4.90 Å². The molecule has 2 aromatic heterocycles. The first-order valence-corrected chi connectivity index (χ1v) is 10.2. The number of nitrogens with one attached hydrogen (secondary N) is 1. The second-order valence-electron chi connectivity index (χ2n) is 7.79. The number of aliphatic hydroxyl groups is 1. The summed E-state index contributed by atoms with van der Waals surface area (Å²) in [6.45, 7) is 0.404. The molecule has 1 atom stereocenters. The zero-order chi connectivity index (χ0) is 21.4. The molecule has 0 saturated carbocycles. The van der Waals surface area contributed by atoms with E-state index >= 15 is 0 Å². The van der Waals surface area contributed by atoms with E-state index < -0.39 is 11.5 Å². The quantitative estimate of drug-likeness (QED) is 0.475. The number of aromatic amines is 1. The van der Waals surface area contributed by atoms with Crippen molar-refractivity contribution in [3.05, 3.63) is 95.9 Å². The lowest BCUT2D eigenvalue weighted by Crippen LogP contribution is -2.42. The molecule has 1 aliphatic heterocycles. The Labute approximate surface area is 179 Å². The highest BCUT2D eigenvalue weighted by Crippen LogP contribution is 2.43. The number of rotatable bonds is 6. The number of benzene rings is 2. The SMILES string of the molecule is O=C(CC1(O)C(=O)N(CCc2c[nH]c3ccccc23)c2ccccc21)c1cccnc1. The molecule has 2 aromatic carbocycles. The van der Waals surface area contributed by atoms with Gasteiger partial charge < -0.3 is 15.0 Å². The third-order valence-corrected chi connectivity index (χ3v) is 5.92. The molecule has 0 fully saturated rings. The van der Waals surface area contributed by atoms with Crippen LogP contribution in [0.25, 0.3) is 10.9 Å². The molecule has 1 unspecified atom stereocenters. The minimum atomic E-state index is -1.89. The molecule has 154 valence electrons. The number of para-hydroxylation sites is 2. The number of ketones is 1. The van der Waals surface area contributed by atoms with Gasteiger partial charge in [-0.3, -0.25) is 14.6 Å². The average molecular weight is 411 g/mol. The molecule has 6 heteroatoms. The Morgan fingerprint density at radius 1 is 1.06 bits per heavy atom. The fourth-order valence-corrected chi connectivity index (χ4v) is 4.33. The van der Waals surface area contributed by atoms with Gasteiger partial charge in [-0.05, 0) is 36.2 Å². The number of nitrogens with zero attached hydrogens (tertiary/aromatic N) is 2. The molecule has 1 aliphatic rings. The van der Waals surface area contributed by atoms with Gasteiger partial charge in [0.15, 0.2) is 11.4 Å². The van der Waals surface area contributed by atoms with E-state index in [1.807, 2.05) is 42.6 Å². The Bertz CT molecular complexity index is 1280. The van der Waals surface area contributed by atoms with Crippen molar-refractivity contribution >= 4 is 28.3 Å². The number of aromatic nitrogens is 2. The van der Waals surface area contributed by atoms with E-state index in [0.29, 0.717) is 29.8 Å². The molecule has 5 rings (SSSR count). The number of H-pyrrole nitrogens is 1.